The van der Waals surface area contributed by atoms with Crippen LogP contribution in [0, 0.1) is 11.3 Å². The molecular formula is C18H14N4OS. The summed E-state index contributed by atoms with van der Waals surface area (Å²) in [6, 6.07) is 14.5. The lowest BCUT2D eigenvalue weighted by Crippen LogP contribution is -2.12. The van der Waals surface area contributed by atoms with E-state index >= 15 is 0 Å². The van der Waals surface area contributed by atoms with E-state index in [2.05, 4.69) is 15.3 Å². The number of rotatable bonds is 5. The number of anilines is 1. The molecule has 0 radical (unpaired) electrons. The van der Waals surface area contributed by atoms with Crippen LogP contribution in [0.2, 0.25) is 0 Å². The van der Waals surface area contributed by atoms with Gasteiger partial charge >= 0.3 is 0 Å². The third kappa shape index (κ3) is 4.03. The molecule has 6 heteroatoms. The van der Waals surface area contributed by atoms with E-state index in [1.165, 1.54) is 11.3 Å². The Morgan fingerprint density at radius 1 is 1.17 bits per heavy atom. The Labute approximate surface area is 143 Å². The van der Waals surface area contributed by atoms with Crippen LogP contribution < -0.4 is 5.32 Å². The highest BCUT2D eigenvalue weighted by Crippen LogP contribution is 2.20. The smallest absolute Gasteiger partial charge is 0.224 e. The molecule has 3 rings (SSSR count). The fourth-order valence-electron chi connectivity index (χ4n) is 2.13. The van der Waals surface area contributed by atoms with Crippen LogP contribution in [0.1, 0.15) is 17.0 Å². The van der Waals surface area contributed by atoms with Crippen molar-refractivity contribution in [3.8, 4) is 17.5 Å². The summed E-state index contributed by atoms with van der Waals surface area (Å²) in [5.74, 6) is -0.0747. The molecule has 1 N–H and O–H groups in total. The maximum atomic E-state index is 12.0. The number of carbonyl (C=O) groups excluding carboxylic acids is 1. The van der Waals surface area contributed by atoms with Gasteiger partial charge in [0.25, 0.3) is 0 Å². The first kappa shape index (κ1) is 15.8. The van der Waals surface area contributed by atoms with Crippen molar-refractivity contribution in [3.63, 3.8) is 0 Å². The highest BCUT2D eigenvalue weighted by molar-refractivity contribution is 7.09. The second kappa shape index (κ2) is 7.49. The zero-order valence-electron chi connectivity index (χ0n) is 12.8. The Morgan fingerprint density at radius 3 is 2.71 bits per heavy atom. The molecule has 0 bridgehead atoms. The molecule has 2 heterocycles. The van der Waals surface area contributed by atoms with Gasteiger partial charge in [0.1, 0.15) is 0 Å². The predicted octanol–water partition coefficient (Wildman–Crippen LogP) is 3.65. The SMILES string of the molecule is N#Cc1ccc(NC(=O)CCc2nc(-c3ccccn3)cs2)cc1. The molecule has 0 unspecified atom stereocenters. The van der Waals surface area contributed by atoms with E-state index < -0.39 is 0 Å². The van der Waals surface area contributed by atoms with Crippen molar-refractivity contribution in [2.45, 2.75) is 12.8 Å². The summed E-state index contributed by atoms with van der Waals surface area (Å²) in [7, 11) is 0. The van der Waals surface area contributed by atoms with E-state index in [1.807, 2.05) is 29.6 Å². The molecule has 5 nitrogen and oxygen atoms in total. The van der Waals surface area contributed by atoms with Crippen LogP contribution >= 0.6 is 11.3 Å². The van der Waals surface area contributed by atoms with Crippen molar-refractivity contribution < 1.29 is 4.79 Å². The number of benzene rings is 1. The molecule has 1 amide bonds. The van der Waals surface area contributed by atoms with Gasteiger partial charge in [0.15, 0.2) is 0 Å². The number of amides is 1. The van der Waals surface area contributed by atoms with Crippen LogP contribution in [0.5, 0.6) is 0 Å². The molecule has 3 aromatic rings. The van der Waals surface area contributed by atoms with E-state index in [4.69, 9.17) is 5.26 Å². The quantitative estimate of drug-likeness (QED) is 0.772. The van der Waals surface area contributed by atoms with Crippen LogP contribution in [-0.4, -0.2) is 15.9 Å². The molecule has 0 saturated heterocycles. The number of nitrogens with zero attached hydrogens (tertiary/aromatic N) is 3. The number of thiazole rings is 1. The lowest BCUT2D eigenvalue weighted by molar-refractivity contribution is -0.116. The molecule has 0 atom stereocenters. The Hall–Kier alpha value is -3.04. The van der Waals surface area contributed by atoms with Gasteiger partial charge in [-0.3, -0.25) is 9.78 Å². The highest BCUT2D eigenvalue weighted by atomic mass is 32.1. The third-order valence-corrected chi connectivity index (χ3v) is 4.25. The van der Waals surface area contributed by atoms with Gasteiger partial charge in [0, 0.05) is 30.1 Å². The summed E-state index contributed by atoms with van der Waals surface area (Å²) in [5, 5.41) is 14.4. The van der Waals surface area contributed by atoms with Gasteiger partial charge in [-0.2, -0.15) is 5.26 Å². The number of pyridine rings is 1. The largest absolute Gasteiger partial charge is 0.326 e. The van der Waals surface area contributed by atoms with Gasteiger partial charge in [-0.05, 0) is 36.4 Å². The summed E-state index contributed by atoms with van der Waals surface area (Å²) in [6.45, 7) is 0. The maximum Gasteiger partial charge on any atom is 0.224 e. The first-order valence-electron chi connectivity index (χ1n) is 7.40. The van der Waals surface area contributed by atoms with Crippen LogP contribution in [0.4, 0.5) is 5.69 Å². The van der Waals surface area contributed by atoms with Gasteiger partial charge in [0.2, 0.25) is 5.91 Å². The van der Waals surface area contributed by atoms with Crippen molar-refractivity contribution in [1.29, 1.82) is 5.26 Å². The molecular weight excluding hydrogens is 320 g/mol. The van der Waals surface area contributed by atoms with Crippen LogP contribution in [-0.2, 0) is 11.2 Å². The monoisotopic (exact) mass is 334 g/mol. The minimum Gasteiger partial charge on any atom is -0.326 e. The number of hydrogen-bond donors (Lipinski definition) is 1. The number of nitriles is 1. The van der Waals surface area contributed by atoms with Crippen LogP contribution in [0.3, 0.4) is 0 Å². The van der Waals surface area contributed by atoms with Gasteiger partial charge < -0.3 is 5.32 Å². The van der Waals surface area contributed by atoms with E-state index in [0.717, 1.165) is 16.4 Å². The van der Waals surface area contributed by atoms with Crippen molar-refractivity contribution >= 4 is 22.9 Å². The van der Waals surface area contributed by atoms with Crippen molar-refractivity contribution in [1.82, 2.24) is 9.97 Å². The van der Waals surface area contributed by atoms with Crippen molar-refractivity contribution in [2.24, 2.45) is 0 Å². The summed E-state index contributed by atoms with van der Waals surface area (Å²) in [5.41, 5.74) is 2.93. The Kier molecular flexibility index (Phi) is 4.94. The van der Waals surface area contributed by atoms with Crippen LogP contribution in [0.25, 0.3) is 11.4 Å². The van der Waals surface area contributed by atoms with E-state index in [1.54, 1.807) is 30.5 Å². The number of aromatic nitrogens is 2. The predicted molar refractivity (Wildman–Crippen MR) is 93.5 cm³/mol. The van der Waals surface area contributed by atoms with Gasteiger partial charge in [-0.1, -0.05) is 6.07 Å². The Morgan fingerprint density at radius 2 is 2.00 bits per heavy atom. The molecule has 0 fully saturated rings. The lowest BCUT2D eigenvalue weighted by atomic mass is 10.2. The second-order valence-electron chi connectivity index (χ2n) is 5.08. The normalized spacial score (nSPS) is 10.1. The standard InChI is InChI=1S/C18H14N4OS/c19-11-13-4-6-14(7-5-13)21-17(23)8-9-18-22-16(12-24-18)15-3-1-2-10-20-15/h1-7,10,12H,8-9H2,(H,21,23). The fraction of sp³-hybridized carbons (Fsp3) is 0.111. The van der Waals surface area contributed by atoms with E-state index in [-0.39, 0.29) is 5.91 Å². The highest BCUT2D eigenvalue weighted by Gasteiger charge is 2.08. The number of aryl methyl sites for hydroxylation is 1. The first-order chi connectivity index (χ1) is 11.7. The minimum atomic E-state index is -0.0747. The molecule has 0 spiro atoms. The van der Waals surface area contributed by atoms with Gasteiger partial charge in [-0.25, -0.2) is 4.98 Å². The van der Waals surface area contributed by atoms with Crippen molar-refractivity contribution in [2.75, 3.05) is 5.32 Å². The topological polar surface area (TPSA) is 78.7 Å². The molecule has 0 aliphatic rings. The number of carbonyl (C=O) groups is 1. The van der Waals surface area contributed by atoms with Crippen molar-refractivity contribution in [3.05, 3.63) is 64.6 Å². The first-order valence-corrected chi connectivity index (χ1v) is 8.28. The number of hydrogen-bond acceptors (Lipinski definition) is 5. The summed E-state index contributed by atoms with van der Waals surface area (Å²) in [4.78, 5) is 20.8. The third-order valence-electron chi connectivity index (χ3n) is 3.34. The summed E-state index contributed by atoms with van der Waals surface area (Å²) in [6.07, 6.45) is 2.67. The molecule has 0 aliphatic heterocycles. The van der Waals surface area contributed by atoms with Crippen LogP contribution in [0.15, 0.2) is 54.0 Å². The summed E-state index contributed by atoms with van der Waals surface area (Å²) < 4.78 is 0. The minimum absolute atomic E-state index is 0.0747. The van der Waals surface area contributed by atoms with E-state index in [0.29, 0.717) is 24.1 Å². The zero-order valence-corrected chi connectivity index (χ0v) is 13.6. The average molecular weight is 334 g/mol. The Bertz CT molecular complexity index is 866. The number of nitrogens with one attached hydrogen (secondary N) is 1. The molecule has 0 saturated carbocycles. The Balaban J connectivity index is 1.55. The molecule has 1 aromatic carbocycles. The molecule has 24 heavy (non-hydrogen) atoms. The average Bonchev–Trinajstić information content (AvgIpc) is 3.10. The zero-order chi connectivity index (χ0) is 16.8. The molecule has 0 aliphatic carbocycles. The van der Waals surface area contributed by atoms with E-state index in [9.17, 15) is 4.79 Å². The summed E-state index contributed by atoms with van der Waals surface area (Å²) >= 11 is 1.53. The second-order valence-corrected chi connectivity index (χ2v) is 6.02. The maximum absolute atomic E-state index is 12.0. The lowest BCUT2D eigenvalue weighted by Gasteiger charge is -2.04. The van der Waals surface area contributed by atoms with Gasteiger partial charge in [-0.15, -0.1) is 11.3 Å². The molecule has 2 aromatic heterocycles. The molecule has 118 valence electrons. The fourth-order valence-corrected chi connectivity index (χ4v) is 2.92. The van der Waals surface area contributed by atoms with Gasteiger partial charge in [0.05, 0.1) is 28.0 Å².